The molecule has 1 aliphatic heterocycles. The maximum atomic E-state index is 12.4. The molecular weight excluding hydrogens is 364 g/mol. The minimum Gasteiger partial charge on any atom is -0.497 e. The number of nitrogens with zero attached hydrogens (tertiary/aromatic N) is 1. The van der Waals surface area contributed by atoms with Crippen LogP contribution in [0.15, 0.2) is 60.7 Å². The van der Waals surface area contributed by atoms with Crippen molar-refractivity contribution in [1.29, 1.82) is 0 Å². The summed E-state index contributed by atoms with van der Waals surface area (Å²) in [6.07, 6.45) is 5.65. The molecule has 0 atom stereocenters. The number of hydrogen-bond donors (Lipinski definition) is 1. The summed E-state index contributed by atoms with van der Waals surface area (Å²) in [7, 11) is 1.65. The molecule has 1 fully saturated rings. The van der Waals surface area contributed by atoms with E-state index < -0.39 is 0 Å². The second kappa shape index (κ2) is 10.5. The van der Waals surface area contributed by atoms with Crippen LogP contribution in [0.5, 0.6) is 5.75 Å². The lowest BCUT2D eigenvalue weighted by molar-refractivity contribution is -0.132. The van der Waals surface area contributed by atoms with Gasteiger partial charge in [0.2, 0.25) is 11.8 Å². The predicted octanol–water partition coefficient (Wildman–Crippen LogP) is 3.31. The first-order valence-corrected chi connectivity index (χ1v) is 10.1. The van der Waals surface area contributed by atoms with E-state index in [2.05, 4.69) is 5.32 Å². The average Bonchev–Trinajstić information content (AvgIpc) is 2.78. The molecule has 0 saturated carbocycles. The van der Waals surface area contributed by atoms with Crippen LogP contribution in [0.25, 0.3) is 6.08 Å². The van der Waals surface area contributed by atoms with Gasteiger partial charge in [0.05, 0.1) is 7.11 Å². The number of amides is 2. The molecule has 0 aliphatic carbocycles. The van der Waals surface area contributed by atoms with Crippen LogP contribution >= 0.6 is 0 Å². The van der Waals surface area contributed by atoms with Crippen LogP contribution in [0.4, 0.5) is 0 Å². The second-order valence-corrected chi connectivity index (χ2v) is 7.23. The molecule has 2 amide bonds. The summed E-state index contributed by atoms with van der Waals surface area (Å²) in [5, 5.41) is 3.03. The van der Waals surface area contributed by atoms with Gasteiger partial charge in [-0.1, -0.05) is 42.5 Å². The number of likely N-dealkylation sites (tertiary alicyclic amines) is 1. The fourth-order valence-corrected chi connectivity index (χ4v) is 3.47. The van der Waals surface area contributed by atoms with Crippen molar-refractivity contribution < 1.29 is 14.3 Å². The topological polar surface area (TPSA) is 58.6 Å². The lowest BCUT2D eigenvalue weighted by Gasteiger charge is -2.30. The van der Waals surface area contributed by atoms with E-state index in [9.17, 15) is 9.59 Å². The summed E-state index contributed by atoms with van der Waals surface area (Å²) in [4.78, 5) is 26.6. The zero-order valence-corrected chi connectivity index (χ0v) is 16.8. The highest BCUT2D eigenvalue weighted by atomic mass is 16.5. The van der Waals surface area contributed by atoms with E-state index in [-0.39, 0.29) is 17.7 Å². The maximum absolute atomic E-state index is 12.4. The Morgan fingerprint density at radius 1 is 1.07 bits per heavy atom. The summed E-state index contributed by atoms with van der Waals surface area (Å²) >= 11 is 0. The summed E-state index contributed by atoms with van der Waals surface area (Å²) < 4.78 is 5.15. The summed E-state index contributed by atoms with van der Waals surface area (Å²) in [5.41, 5.74) is 2.17. The molecule has 29 heavy (non-hydrogen) atoms. The third-order valence-corrected chi connectivity index (χ3v) is 5.27. The fraction of sp³-hybridized carbons (Fsp3) is 0.333. The molecule has 1 saturated heterocycles. The van der Waals surface area contributed by atoms with E-state index in [0.717, 1.165) is 23.3 Å². The first kappa shape index (κ1) is 20.6. The Hall–Kier alpha value is -3.08. The van der Waals surface area contributed by atoms with Gasteiger partial charge < -0.3 is 15.0 Å². The molecule has 1 N–H and O–H groups in total. The minimum atomic E-state index is -0.0204. The summed E-state index contributed by atoms with van der Waals surface area (Å²) in [5.74, 6) is 0.906. The molecule has 0 unspecified atom stereocenters. The minimum absolute atomic E-state index is 0.00668. The van der Waals surface area contributed by atoms with Gasteiger partial charge in [-0.3, -0.25) is 9.59 Å². The predicted molar refractivity (Wildman–Crippen MR) is 114 cm³/mol. The average molecular weight is 392 g/mol. The van der Waals surface area contributed by atoms with Gasteiger partial charge in [-0.05, 0) is 48.6 Å². The Balaban J connectivity index is 1.38. The van der Waals surface area contributed by atoms with E-state index in [4.69, 9.17) is 4.74 Å². The van der Waals surface area contributed by atoms with Gasteiger partial charge in [0.15, 0.2) is 0 Å². The van der Waals surface area contributed by atoms with Gasteiger partial charge in [0.1, 0.15) is 5.75 Å². The van der Waals surface area contributed by atoms with Crippen molar-refractivity contribution >= 4 is 17.9 Å². The first-order chi connectivity index (χ1) is 14.2. The van der Waals surface area contributed by atoms with Gasteiger partial charge in [-0.25, -0.2) is 0 Å². The van der Waals surface area contributed by atoms with Crippen LogP contribution in [0.1, 0.15) is 24.0 Å². The molecule has 152 valence electrons. The summed E-state index contributed by atoms with van der Waals surface area (Å²) in [6.45, 7) is 1.85. The van der Waals surface area contributed by atoms with E-state index in [1.54, 1.807) is 13.2 Å². The SMILES string of the molecule is COc1ccc(CCNC(=O)C2CCN(C(=O)/C=C/c3ccccc3)CC2)cc1. The molecule has 0 aromatic heterocycles. The van der Waals surface area contributed by atoms with Gasteiger partial charge in [0, 0.05) is 31.6 Å². The number of methoxy groups -OCH3 is 1. The van der Waals surface area contributed by atoms with Gasteiger partial charge in [-0.2, -0.15) is 0 Å². The summed E-state index contributed by atoms with van der Waals surface area (Å²) in [6, 6.07) is 17.7. The molecule has 2 aromatic carbocycles. The molecular formula is C24H28N2O3. The molecule has 5 heteroatoms. The molecule has 2 aromatic rings. The number of piperidine rings is 1. The number of benzene rings is 2. The number of carbonyl (C=O) groups is 2. The number of ether oxygens (including phenoxy) is 1. The van der Waals surface area contributed by atoms with Crippen LogP contribution in [-0.2, 0) is 16.0 Å². The lowest BCUT2D eigenvalue weighted by atomic mass is 9.95. The smallest absolute Gasteiger partial charge is 0.246 e. The Labute approximate surface area is 172 Å². The van der Waals surface area contributed by atoms with Crippen molar-refractivity contribution in [3.05, 3.63) is 71.8 Å². The normalized spacial score (nSPS) is 14.7. The number of carbonyl (C=O) groups excluding carboxylic acids is 2. The van der Waals surface area contributed by atoms with E-state index in [1.165, 1.54) is 0 Å². The number of hydrogen-bond acceptors (Lipinski definition) is 3. The monoisotopic (exact) mass is 392 g/mol. The van der Waals surface area contributed by atoms with E-state index in [1.807, 2.05) is 65.6 Å². The van der Waals surface area contributed by atoms with Crippen molar-refractivity contribution in [2.24, 2.45) is 5.92 Å². The molecule has 0 bridgehead atoms. The molecule has 0 radical (unpaired) electrons. The standard InChI is InChI=1S/C24H28N2O3/c1-29-22-10-7-20(8-11-22)13-16-25-24(28)21-14-17-26(18-15-21)23(27)12-9-19-5-3-2-4-6-19/h2-12,21H,13-18H2,1H3,(H,25,28)/b12-9+. The van der Waals surface area contributed by atoms with Gasteiger partial charge >= 0.3 is 0 Å². The van der Waals surface area contributed by atoms with Gasteiger partial charge in [-0.15, -0.1) is 0 Å². The zero-order valence-electron chi connectivity index (χ0n) is 16.8. The Morgan fingerprint density at radius 3 is 2.41 bits per heavy atom. The van der Waals surface area contributed by atoms with Crippen molar-refractivity contribution in [1.82, 2.24) is 10.2 Å². The highest BCUT2D eigenvalue weighted by Crippen LogP contribution is 2.18. The first-order valence-electron chi connectivity index (χ1n) is 10.1. The van der Waals surface area contributed by atoms with E-state index >= 15 is 0 Å². The van der Waals surface area contributed by atoms with Crippen LogP contribution in [0.3, 0.4) is 0 Å². The van der Waals surface area contributed by atoms with Crippen LogP contribution in [0.2, 0.25) is 0 Å². The largest absolute Gasteiger partial charge is 0.497 e. The van der Waals surface area contributed by atoms with Gasteiger partial charge in [0.25, 0.3) is 0 Å². The molecule has 3 rings (SSSR count). The Bertz CT molecular complexity index is 823. The third kappa shape index (κ3) is 6.21. The van der Waals surface area contributed by atoms with Crippen molar-refractivity contribution in [3.8, 4) is 5.75 Å². The molecule has 1 aliphatic rings. The Morgan fingerprint density at radius 2 is 1.76 bits per heavy atom. The number of nitrogens with one attached hydrogen (secondary N) is 1. The molecule has 5 nitrogen and oxygen atoms in total. The van der Waals surface area contributed by atoms with Crippen molar-refractivity contribution in [3.63, 3.8) is 0 Å². The molecule has 1 heterocycles. The quantitative estimate of drug-likeness (QED) is 0.736. The number of rotatable bonds is 7. The molecule has 0 spiro atoms. The third-order valence-electron chi connectivity index (χ3n) is 5.27. The lowest BCUT2D eigenvalue weighted by Crippen LogP contribution is -2.42. The fourth-order valence-electron chi connectivity index (χ4n) is 3.47. The second-order valence-electron chi connectivity index (χ2n) is 7.23. The highest BCUT2D eigenvalue weighted by molar-refractivity contribution is 5.92. The Kier molecular flexibility index (Phi) is 7.45. The van der Waals surface area contributed by atoms with Crippen LogP contribution < -0.4 is 10.1 Å². The highest BCUT2D eigenvalue weighted by Gasteiger charge is 2.26. The van der Waals surface area contributed by atoms with Crippen molar-refractivity contribution in [2.45, 2.75) is 19.3 Å². The van der Waals surface area contributed by atoms with Crippen LogP contribution in [-0.4, -0.2) is 43.5 Å². The van der Waals surface area contributed by atoms with E-state index in [0.29, 0.717) is 32.5 Å². The van der Waals surface area contributed by atoms with Crippen LogP contribution in [0, 0.1) is 5.92 Å². The van der Waals surface area contributed by atoms with Crippen molar-refractivity contribution in [2.75, 3.05) is 26.7 Å². The maximum Gasteiger partial charge on any atom is 0.246 e. The zero-order chi connectivity index (χ0) is 20.5.